The van der Waals surface area contributed by atoms with Gasteiger partial charge in [-0.25, -0.2) is 59.8 Å². The maximum Gasteiger partial charge on any atom is 0.417 e. The van der Waals surface area contributed by atoms with E-state index >= 15 is 26.3 Å². The molecule has 6 aromatic carbocycles. The van der Waals surface area contributed by atoms with Gasteiger partial charge in [0.15, 0.2) is 23.3 Å². The van der Waals surface area contributed by atoms with E-state index < -0.39 is 34.6 Å². The van der Waals surface area contributed by atoms with Crippen molar-refractivity contribution >= 4 is 43.6 Å². The van der Waals surface area contributed by atoms with Crippen LogP contribution in [0.3, 0.4) is 0 Å². The second kappa shape index (κ2) is 18.6. The number of nitrogens with zero attached hydrogens (tertiary/aromatic N) is 15. The number of halogens is 6. The van der Waals surface area contributed by atoms with Crippen LogP contribution in [0, 0.1) is 66.7 Å². The Bertz CT molecular complexity index is 4070. The first kappa shape index (κ1) is 50.8. The third-order valence-corrected chi connectivity index (χ3v) is 13.6. The minimum Gasteiger partial charge on any atom is -0.308 e. The second-order valence-corrected chi connectivity index (χ2v) is 19.3. The lowest BCUT2D eigenvalue weighted by atomic mass is 9.89. The monoisotopic (exact) mass is 1070 g/mol. The number of rotatable bonds is 7. The summed E-state index contributed by atoms with van der Waals surface area (Å²) >= 11 is 0. The van der Waals surface area contributed by atoms with Crippen molar-refractivity contribution in [2.45, 2.75) is 67.7 Å². The van der Waals surface area contributed by atoms with Gasteiger partial charge < -0.3 is 9.13 Å². The molecule has 12 aromatic rings. The van der Waals surface area contributed by atoms with Crippen molar-refractivity contribution in [2.75, 3.05) is 0 Å². The summed E-state index contributed by atoms with van der Waals surface area (Å²) in [5.74, 6) is 4.38. The van der Waals surface area contributed by atoms with Crippen molar-refractivity contribution in [3.8, 4) is 74.1 Å². The van der Waals surface area contributed by atoms with Gasteiger partial charge in [-0.15, -0.1) is 0 Å². The van der Waals surface area contributed by atoms with E-state index in [1.165, 1.54) is 12.1 Å². The minimum atomic E-state index is -5.37. The van der Waals surface area contributed by atoms with Crippen molar-refractivity contribution in [1.82, 2.24) is 68.9 Å². The molecule has 0 saturated carbocycles. The molecule has 21 heteroatoms. The van der Waals surface area contributed by atoms with Crippen LogP contribution >= 0.6 is 0 Å². The first-order valence-corrected chi connectivity index (χ1v) is 24.9. The molecule has 0 aliphatic carbocycles. The molecule has 6 heterocycles. The quantitative estimate of drug-likeness (QED) is 0.137. The van der Waals surface area contributed by atoms with E-state index in [0.717, 1.165) is 6.07 Å². The third-order valence-electron chi connectivity index (χ3n) is 13.6. The van der Waals surface area contributed by atoms with Gasteiger partial charge >= 0.3 is 12.4 Å². The van der Waals surface area contributed by atoms with E-state index in [4.69, 9.17) is 0 Å². The Labute approximate surface area is 450 Å². The maximum atomic E-state index is 16.1. The summed E-state index contributed by atoms with van der Waals surface area (Å²) in [4.78, 5) is 54.3. The molecule has 0 unspecified atom stereocenters. The molecular formula is C59H41F6N15. The standard InChI is InChI=1S/C59H41F6N15/c1-27-67-28(2)72-54(71-27)36-12-16-40-41-17-13-37(55-73-29(3)68-30(4)74-55)23-47(41)79(46(40)22-36)50-20-35(26-66)21-51(53(50)52-44(58(60,61)62)10-9-11-45(52)59(63,64)65)80-48-24-38(56-75-31(5)69-32(6)76-56)14-18-42(48)43-19-15-39(25-49(43)80)57-77-33(7)70-34(8)78-57/h9-25H,1-8H3. The van der Waals surface area contributed by atoms with E-state index in [1.807, 2.05) is 0 Å². The molecule has 0 aliphatic rings. The van der Waals surface area contributed by atoms with Gasteiger partial charge in [0.2, 0.25) is 0 Å². The molecule has 394 valence electrons. The van der Waals surface area contributed by atoms with Crippen LogP contribution in [-0.4, -0.2) is 68.9 Å². The van der Waals surface area contributed by atoms with Gasteiger partial charge in [0.25, 0.3) is 0 Å². The predicted octanol–water partition coefficient (Wildman–Crippen LogP) is 13.3. The summed E-state index contributed by atoms with van der Waals surface area (Å²) in [5.41, 5.74) is -2.29. The average molecular weight is 1070 g/mol. The Morgan fingerprint density at radius 3 is 0.850 bits per heavy atom. The van der Waals surface area contributed by atoms with Crippen molar-refractivity contribution in [3.05, 3.63) is 166 Å². The van der Waals surface area contributed by atoms with Crippen LogP contribution in [-0.2, 0) is 12.4 Å². The van der Waals surface area contributed by atoms with E-state index in [0.29, 0.717) is 125 Å². The Hall–Kier alpha value is -9.97. The normalized spacial score (nSPS) is 12.1. The van der Waals surface area contributed by atoms with Crippen LogP contribution in [0.25, 0.3) is 112 Å². The third kappa shape index (κ3) is 8.83. The molecule has 0 bridgehead atoms. The first-order valence-electron chi connectivity index (χ1n) is 24.9. The Kier molecular flexibility index (Phi) is 11.8. The molecule has 0 atom stereocenters. The molecular weight excluding hydrogens is 1030 g/mol. The van der Waals surface area contributed by atoms with Crippen LogP contribution in [0.2, 0.25) is 0 Å². The molecule has 0 radical (unpaired) electrons. The zero-order valence-electron chi connectivity index (χ0n) is 43.8. The van der Waals surface area contributed by atoms with Crippen molar-refractivity contribution < 1.29 is 26.3 Å². The van der Waals surface area contributed by atoms with Crippen LogP contribution in [0.4, 0.5) is 26.3 Å². The van der Waals surface area contributed by atoms with Gasteiger partial charge in [-0.3, -0.25) is 0 Å². The van der Waals surface area contributed by atoms with Crippen LogP contribution < -0.4 is 0 Å². The van der Waals surface area contributed by atoms with E-state index in [9.17, 15) is 5.26 Å². The van der Waals surface area contributed by atoms with Gasteiger partial charge in [0.1, 0.15) is 46.6 Å². The lowest BCUT2D eigenvalue weighted by Crippen LogP contribution is -2.16. The van der Waals surface area contributed by atoms with Gasteiger partial charge in [-0.1, -0.05) is 54.6 Å². The number of benzene rings is 6. The Balaban J connectivity index is 1.32. The number of hydrogen-bond donors (Lipinski definition) is 0. The predicted molar refractivity (Wildman–Crippen MR) is 288 cm³/mol. The fourth-order valence-corrected chi connectivity index (χ4v) is 10.7. The molecule has 12 rings (SSSR count). The second-order valence-electron chi connectivity index (χ2n) is 19.3. The topological polar surface area (TPSA) is 188 Å². The summed E-state index contributed by atoms with van der Waals surface area (Å²) in [6.07, 6.45) is -10.7. The molecule has 0 fully saturated rings. The Morgan fingerprint density at radius 1 is 0.350 bits per heavy atom. The number of hydrogen-bond acceptors (Lipinski definition) is 13. The smallest absolute Gasteiger partial charge is 0.308 e. The Morgan fingerprint density at radius 2 is 0.613 bits per heavy atom. The molecule has 15 nitrogen and oxygen atoms in total. The molecule has 0 amide bonds. The number of nitriles is 1. The van der Waals surface area contributed by atoms with Gasteiger partial charge in [0, 0.05) is 54.9 Å². The zero-order valence-corrected chi connectivity index (χ0v) is 43.8. The summed E-state index contributed by atoms with van der Waals surface area (Å²) in [6, 6.07) is 28.0. The van der Waals surface area contributed by atoms with E-state index in [-0.39, 0.29) is 40.2 Å². The van der Waals surface area contributed by atoms with Gasteiger partial charge in [0.05, 0.1) is 56.2 Å². The van der Waals surface area contributed by atoms with E-state index in [1.54, 1.807) is 137 Å². The molecule has 0 spiro atoms. The molecule has 80 heavy (non-hydrogen) atoms. The van der Waals surface area contributed by atoms with Crippen molar-refractivity contribution in [2.24, 2.45) is 0 Å². The largest absolute Gasteiger partial charge is 0.417 e. The number of aryl methyl sites for hydroxylation is 8. The fourth-order valence-electron chi connectivity index (χ4n) is 10.7. The summed E-state index contributed by atoms with van der Waals surface area (Å²) in [5, 5.41) is 13.4. The summed E-state index contributed by atoms with van der Waals surface area (Å²) in [6.45, 7) is 13.6. The zero-order chi connectivity index (χ0) is 56.3. The van der Waals surface area contributed by atoms with Crippen LogP contribution in [0.1, 0.15) is 63.3 Å². The lowest BCUT2D eigenvalue weighted by molar-refractivity contribution is -0.142. The van der Waals surface area contributed by atoms with E-state index in [2.05, 4.69) is 65.9 Å². The number of fused-ring (bicyclic) bond motifs is 6. The highest BCUT2D eigenvalue weighted by Crippen LogP contribution is 2.51. The summed E-state index contributed by atoms with van der Waals surface area (Å²) < 4.78 is 99.9. The first-order chi connectivity index (χ1) is 38.1. The number of alkyl halides is 6. The van der Waals surface area contributed by atoms with Crippen LogP contribution in [0.5, 0.6) is 0 Å². The number of aromatic nitrogens is 14. The molecule has 0 N–H and O–H groups in total. The van der Waals surface area contributed by atoms with Crippen molar-refractivity contribution in [3.63, 3.8) is 0 Å². The highest BCUT2D eigenvalue weighted by Gasteiger charge is 2.43. The average Bonchev–Trinajstić information content (AvgIpc) is 3.95. The summed E-state index contributed by atoms with van der Waals surface area (Å²) in [7, 11) is 0. The highest BCUT2D eigenvalue weighted by molar-refractivity contribution is 6.14. The lowest BCUT2D eigenvalue weighted by Gasteiger charge is -2.25. The molecule has 6 aromatic heterocycles. The molecule has 0 saturated heterocycles. The maximum absolute atomic E-state index is 16.1. The fraction of sp³-hybridized carbons (Fsp3) is 0.169. The molecule has 0 aliphatic heterocycles. The SMILES string of the molecule is Cc1nc(C)nc(-c2ccc3c4ccc(-c5nc(C)nc(C)n5)cc4n(-c4cc(C#N)cc(-n5c6cc(-c7nc(C)nc(C)n7)ccc6c6ccc(-c7nc(C)nc(C)n7)cc65)c4-c4c(C(F)(F)F)cccc4C(F)(F)F)c3c2)n1. The van der Waals surface area contributed by atoms with Gasteiger partial charge in [-0.2, -0.15) is 31.6 Å². The minimum absolute atomic E-state index is 0.110. The van der Waals surface area contributed by atoms with Crippen molar-refractivity contribution in [1.29, 1.82) is 5.26 Å². The van der Waals surface area contributed by atoms with Gasteiger partial charge in [-0.05, 0) is 104 Å². The highest BCUT2D eigenvalue weighted by atomic mass is 19.4. The van der Waals surface area contributed by atoms with Crippen LogP contribution in [0.15, 0.2) is 103 Å².